The van der Waals surface area contributed by atoms with Gasteiger partial charge in [0.05, 0.1) is 0 Å². The van der Waals surface area contributed by atoms with Gasteiger partial charge in [-0.05, 0) is 0 Å². The van der Waals surface area contributed by atoms with Crippen molar-refractivity contribution in [3.05, 3.63) is 11.8 Å². The molecule has 0 aromatic rings. The highest BCUT2D eigenvalue weighted by atomic mass is 14.9. The Morgan fingerprint density at radius 2 is 1.42 bits per heavy atom. The fraction of sp³-hybridized carbons (Fsp3) is 0.556. The summed E-state index contributed by atoms with van der Waals surface area (Å²) >= 11 is 0. The summed E-state index contributed by atoms with van der Waals surface area (Å²) in [5, 5.41) is 3.00. The fourth-order valence-corrected chi connectivity index (χ4v) is 0.871. The van der Waals surface area contributed by atoms with Crippen LogP contribution in [0.3, 0.4) is 0 Å². The second-order valence-corrected chi connectivity index (χ2v) is 3.12. The monoisotopic (exact) mass is 169 g/mol. The molecule has 3 nitrogen and oxygen atoms in total. The molecule has 0 aliphatic rings. The summed E-state index contributed by atoms with van der Waals surface area (Å²) in [6.45, 7) is 0. The summed E-state index contributed by atoms with van der Waals surface area (Å²) < 4.78 is 4.03. The minimum absolute atomic E-state index is 1.15. The molecule has 0 unspecified atom stereocenters. The molecule has 68 valence electrons. The minimum Gasteiger partial charge on any atom is -0.393 e. The third-order valence-electron chi connectivity index (χ3n) is 1.13. The van der Waals surface area contributed by atoms with Crippen LogP contribution in [0.5, 0.6) is 0 Å². The molecule has 0 fully saturated rings. The van der Waals surface area contributed by atoms with Gasteiger partial charge in [-0.3, -0.25) is 0 Å². The quantitative estimate of drug-likeness (QED) is 0.457. The van der Waals surface area contributed by atoms with Crippen LogP contribution in [0.2, 0.25) is 0 Å². The van der Waals surface area contributed by atoms with Crippen molar-refractivity contribution in [1.82, 2.24) is 5.32 Å². The third-order valence-corrected chi connectivity index (χ3v) is 1.13. The molecule has 0 rings (SSSR count). The Kier molecular flexibility index (Phi) is 5.00. The maximum atomic E-state index is 3.00. The molecule has 0 saturated carbocycles. The predicted molar refractivity (Wildman–Crippen MR) is 53.5 cm³/mol. The van der Waals surface area contributed by atoms with Gasteiger partial charge in [0.2, 0.25) is 0 Å². The molecular weight excluding hydrogens is 150 g/mol. The lowest BCUT2D eigenvalue weighted by atomic mass is 10.3. The summed E-state index contributed by atoms with van der Waals surface area (Å²) in [4.78, 5) is 0. The normalized spacial score (nSPS) is 8.42. The first kappa shape index (κ1) is 10.9. The second-order valence-electron chi connectivity index (χ2n) is 3.12. The molecule has 0 atom stereocenters. The first-order valence-corrected chi connectivity index (χ1v) is 3.96. The van der Waals surface area contributed by atoms with Crippen molar-refractivity contribution in [2.75, 3.05) is 35.2 Å². The van der Waals surface area contributed by atoms with E-state index in [0.717, 1.165) is 5.57 Å². The Morgan fingerprint density at radius 3 is 1.67 bits per heavy atom. The topological polar surface area (TPSA) is 18.0 Å². The zero-order valence-corrected chi connectivity index (χ0v) is 8.63. The van der Waals surface area contributed by atoms with Crippen LogP contribution in [0.25, 0.3) is 0 Å². The van der Waals surface area contributed by atoms with E-state index in [1.165, 1.54) is 0 Å². The van der Waals surface area contributed by atoms with Crippen molar-refractivity contribution in [1.29, 1.82) is 0 Å². The lowest BCUT2D eigenvalue weighted by Gasteiger charge is -1.91. The van der Waals surface area contributed by atoms with E-state index in [9.17, 15) is 0 Å². The Hall–Kier alpha value is -1.12. The van der Waals surface area contributed by atoms with Crippen LogP contribution in [0.4, 0.5) is 0 Å². The van der Waals surface area contributed by atoms with Gasteiger partial charge in [0, 0.05) is 13.2 Å². The molecule has 0 bridgehead atoms. The minimum atomic E-state index is 1.15. The van der Waals surface area contributed by atoms with Crippen LogP contribution in [0, 0.1) is 0 Å². The number of allylic oxidation sites excluding steroid dienone is 1. The predicted octanol–water partition coefficient (Wildman–Crippen LogP) is -0.224. The second kappa shape index (κ2) is 5.52. The van der Waals surface area contributed by atoms with Crippen molar-refractivity contribution < 1.29 is 9.15 Å². The molecule has 0 heterocycles. The molecule has 0 amide bonds. The van der Waals surface area contributed by atoms with Gasteiger partial charge in [0.15, 0.2) is 12.4 Å². The van der Waals surface area contributed by atoms with Crippen molar-refractivity contribution in [2.24, 2.45) is 0 Å². The van der Waals surface area contributed by atoms with Gasteiger partial charge in [0.25, 0.3) is 0 Å². The van der Waals surface area contributed by atoms with Crippen LogP contribution in [-0.4, -0.2) is 56.8 Å². The van der Waals surface area contributed by atoms with E-state index in [2.05, 4.69) is 17.7 Å². The molecule has 0 aliphatic heterocycles. The number of rotatable bonds is 3. The fourth-order valence-electron chi connectivity index (χ4n) is 0.871. The zero-order chi connectivity index (χ0) is 9.56. The Balaban J connectivity index is 4.58. The summed E-state index contributed by atoms with van der Waals surface area (Å²) in [6, 6.07) is 0. The van der Waals surface area contributed by atoms with Gasteiger partial charge in [-0.15, -0.1) is 0 Å². The highest BCUT2D eigenvalue weighted by Gasteiger charge is 1.97. The van der Waals surface area contributed by atoms with Gasteiger partial charge < -0.3 is 5.32 Å². The SMILES string of the molecule is CNC=C(C=[N+](C)C)C=[N+](C)C. The molecule has 0 radical (unpaired) electrons. The number of hydrogen-bond donors (Lipinski definition) is 1. The lowest BCUT2D eigenvalue weighted by molar-refractivity contribution is -0.462. The highest BCUT2D eigenvalue weighted by Crippen LogP contribution is 1.81. The third kappa shape index (κ3) is 5.65. The first-order valence-electron chi connectivity index (χ1n) is 3.96. The van der Waals surface area contributed by atoms with E-state index in [-0.39, 0.29) is 0 Å². The zero-order valence-electron chi connectivity index (χ0n) is 8.63. The number of nitrogens with zero attached hydrogens (tertiary/aromatic N) is 2. The van der Waals surface area contributed by atoms with Crippen LogP contribution >= 0.6 is 0 Å². The molecular formula is C9H19N3+2. The van der Waals surface area contributed by atoms with Gasteiger partial charge >= 0.3 is 0 Å². The number of hydrogen-bond acceptors (Lipinski definition) is 1. The van der Waals surface area contributed by atoms with E-state index >= 15 is 0 Å². The largest absolute Gasteiger partial charge is 0.393 e. The highest BCUT2D eigenvalue weighted by molar-refractivity contribution is 5.99. The standard InChI is InChI=1S/C9H18N3/c1-10-6-9(7-11(2)3)8-12(4)5/h6-8H,1-5H3/q+1/p+1. The summed E-state index contributed by atoms with van der Waals surface area (Å²) in [5.41, 5.74) is 1.15. The van der Waals surface area contributed by atoms with Crippen molar-refractivity contribution >= 4 is 12.4 Å². The van der Waals surface area contributed by atoms with Gasteiger partial charge in [-0.2, -0.15) is 0 Å². The maximum Gasteiger partial charge on any atom is 0.177 e. The molecule has 0 saturated heterocycles. The average molecular weight is 169 g/mol. The maximum absolute atomic E-state index is 3.00. The summed E-state index contributed by atoms with van der Waals surface area (Å²) in [6.07, 6.45) is 6.06. The lowest BCUT2D eigenvalue weighted by Crippen LogP contribution is -2.10. The van der Waals surface area contributed by atoms with Crippen molar-refractivity contribution in [2.45, 2.75) is 0 Å². The molecule has 0 aliphatic carbocycles. The van der Waals surface area contributed by atoms with Gasteiger partial charge in [0.1, 0.15) is 33.8 Å². The van der Waals surface area contributed by atoms with Crippen LogP contribution in [0.1, 0.15) is 0 Å². The average Bonchev–Trinajstić information content (AvgIpc) is 1.84. The van der Waals surface area contributed by atoms with Crippen LogP contribution < -0.4 is 5.32 Å². The molecule has 0 aromatic heterocycles. The van der Waals surface area contributed by atoms with E-state index in [1.807, 2.05) is 50.6 Å². The molecule has 12 heavy (non-hydrogen) atoms. The van der Waals surface area contributed by atoms with Gasteiger partial charge in [-0.1, -0.05) is 0 Å². The van der Waals surface area contributed by atoms with Crippen molar-refractivity contribution in [3.63, 3.8) is 0 Å². The molecule has 0 aromatic carbocycles. The Labute approximate surface area is 74.7 Å². The Morgan fingerprint density at radius 1 is 1.00 bits per heavy atom. The van der Waals surface area contributed by atoms with Crippen LogP contribution in [-0.2, 0) is 0 Å². The molecule has 0 spiro atoms. The van der Waals surface area contributed by atoms with Crippen LogP contribution in [0.15, 0.2) is 11.8 Å². The van der Waals surface area contributed by atoms with Gasteiger partial charge in [-0.25, -0.2) is 9.15 Å². The van der Waals surface area contributed by atoms with E-state index < -0.39 is 0 Å². The van der Waals surface area contributed by atoms with Crippen molar-refractivity contribution in [3.8, 4) is 0 Å². The molecule has 3 heteroatoms. The summed E-state index contributed by atoms with van der Waals surface area (Å²) in [7, 11) is 9.92. The summed E-state index contributed by atoms with van der Waals surface area (Å²) in [5.74, 6) is 0. The smallest absolute Gasteiger partial charge is 0.177 e. The van der Waals surface area contributed by atoms with E-state index in [4.69, 9.17) is 0 Å². The van der Waals surface area contributed by atoms with E-state index in [0.29, 0.717) is 0 Å². The number of nitrogens with one attached hydrogen (secondary N) is 1. The Bertz CT molecular complexity index is 196. The first-order chi connectivity index (χ1) is 5.56. The van der Waals surface area contributed by atoms with E-state index in [1.54, 1.807) is 0 Å². The molecule has 1 N–H and O–H groups in total.